The summed E-state index contributed by atoms with van der Waals surface area (Å²) in [6.07, 6.45) is 0. The second-order valence-corrected chi connectivity index (χ2v) is 6.17. The Labute approximate surface area is 157 Å². The molecule has 3 aromatic carbocycles. The lowest BCUT2D eigenvalue weighted by molar-refractivity contribution is 0.266. The molecule has 26 heavy (non-hydrogen) atoms. The third kappa shape index (κ3) is 4.75. The van der Waals surface area contributed by atoms with Gasteiger partial charge in [-0.15, -0.1) is 0 Å². The summed E-state index contributed by atoms with van der Waals surface area (Å²) < 4.78 is 25.3. The molecule has 0 heterocycles. The Balaban J connectivity index is 1.90. The molecular formula is C21H19ClFNO2. The predicted molar refractivity (Wildman–Crippen MR) is 102 cm³/mol. The van der Waals surface area contributed by atoms with E-state index < -0.39 is 0 Å². The predicted octanol–water partition coefficient (Wildman–Crippen LogP) is 5.06. The van der Waals surface area contributed by atoms with E-state index in [0.717, 1.165) is 11.1 Å². The summed E-state index contributed by atoms with van der Waals surface area (Å²) in [6, 6.07) is 19.7. The van der Waals surface area contributed by atoms with Gasteiger partial charge in [0.05, 0.1) is 0 Å². The van der Waals surface area contributed by atoms with Crippen LogP contribution in [0.3, 0.4) is 0 Å². The van der Waals surface area contributed by atoms with Gasteiger partial charge in [0, 0.05) is 11.6 Å². The van der Waals surface area contributed by atoms with E-state index >= 15 is 0 Å². The molecule has 0 fully saturated rings. The van der Waals surface area contributed by atoms with Gasteiger partial charge < -0.3 is 15.2 Å². The van der Waals surface area contributed by atoms with Gasteiger partial charge >= 0.3 is 0 Å². The first-order valence-corrected chi connectivity index (χ1v) is 8.63. The lowest BCUT2D eigenvalue weighted by atomic mass is 10.0. The van der Waals surface area contributed by atoms with E-state index in [4.69, 9.17) is 26.8 Å². The van der Waals surface area contributed by atoms with Crippen molar-refractivity contribution in [2.45, 2.75) is 6.61 Å². The average molecular weight is 372 g/mol. The highest BCUT2D eigenvalue weighted by Crippen LogP contribution is 2.34. The maximum atomic E-state index is 13.7. The van der Waals surface area contributed by atoms with E-state index in [1.165, 1.54) is 12.1 Å². The first-order valence-electron chi connectivity index (χ1n) is 8.26. The van der Waals surface area contributed by atoms with Crippen molar-refractivity contribution in [2.75, 3.05) is 13.2 Å². The molecule has 3 rings (SSSR count). The number of hydrogen-bond donors (Lipinski definition) is 1. The molecule has 0 aliphatic carbocycles. The van der Waals surface area contributed by atoms with Crippen LogP contribution < -0.4 is 15.2 Å². The van der Waals surface area contributed by atoms with Crippen LogP contribution in [0.15, 0.2) is 66.7 Å². The van der Waals surface area contributed by atoms with Crippen LogP contribution in [0.5, 0.6) is 11.5 Å². The zero-order valence-corrected chi connectivity index (χ0v) is 14.9. The number of benzene rings is 3. The summed E-state index contributed by atoms with van der Waals surface area (Å²) >= 11 is 5.97. The van der Waals surface area contributed by atoms with Crippen LogP contribution in [-0.4, -0.2) is 13.2 Å². The van der Waals surface area contributed by atoms with Gasteiger partial charge in [0.25, 0.3) is 0 Å². The minimum Gasteiger partial charge on any atom is -0.488 e. The van der Waals surface area contributed by atoms with Gasteiger partial charge in [-0.25, -0.2) is 4.39 Å². The highest BCUT2D eigenvalue weighted by molar-refractivity contribution is 6.30. The van der Waals surface area contributed by atoms with Crippen LogP contribution in [0, 0.1) is 5.82 Å². The molecule has 0 amide bonds. The lowest BCUT2D eigenvalue weighted by Gasteiger charge is -2.14. The van der Waals surface area contributed by atoms with Crippen LogP contribution in [-0.2, 0) is 6.61 Å². The zero-order chi connectivity index (χ0) is 18.4. The fraction of sp³-hybridized carbons (Fsp3) is 0.143. The minimum absolute atomic E-state index is 0.343. The third-order valence-corrected chi connectivity index (χ3v) is 3.97. The molecule has 0 saturated heterocycles. The van der Waals surface area contributed by atoms with Crippen LogP contribution in [0.4, 0.5) is 4.39 Å². The molecule has 0 spiro atoms. The molecule has 3 aromatic rings. The molecule has 0 aromatic heterocycles. The summed E-state index contributed by atoms with van der Waals surface area (Å²) in [5.74, 6) is 0.778. The van der Waals surface area contributed by atoms with Crippen molar-refractivity contribution >= 4 is 11.6 Å². The van der Waals surface area contributed by atoms with Crippen molar-refractivity contribution < 1.29 is 13.9 Å². The molecule has 5 heteroatoms. The van der Waals surface area contributed by atoms with Crippen LogP contribution in [0.25, 0.3) is 11.1 Å². The molecular weight excluding hydrogens is 353 g/mol. The van der Waals surface area contributed by atoms with Crippen molar-refractivity contribution in [1.82, 2.24) is 0 Å². The number of nitrogens with two attached hydrogens (primary N) is 1. The summed E-state index contributed by atoms with van der Waals surface area (Å²) in [5, 5.41) is 0.343. The fourth-order valence-corrected chi connectivity index (χ4v) is 2.77. The largest absolute Gasteiger partial charge is 0.488 e. The van der Waals surface area contributed by atoms with Crippen molar-refractivity contribution in [1.29, 1.82) is 0 Å². The van der Waals surface area contributed by atoms with Gasteiger partial charge in [0.15, 0.2) is 11.5 Å². The third-order valence-electron chi connectivity index (χ3n) is 3.75. The molecule has 0 aliphatic heterocycles. The van der Waals surface area contributed by atoms with E-state index in [9.17, 15) is 4.39 Å². The van der Waals surface area contributed by atoms with E-state index in [1.807, 2.05) is 42.5 Å². The van der Waals surface area contributed by atoms with Gasteiger partial charge in [-0.2, -0.15) is 0 Å². The molecule has 3 nitrogen and oxygen atoms in total. The Morgan fingerprint density at radius 3 is 2.38 bits per heavy atom. The molecule has 0 bridgehead atoms. The summed E-state index contributed by atoms with van der Waals surface area (Å²) in [4.78, 5) is 0. The fourth-order valence-electron chi connectivity index (χ4n) is 2.54. The first-order chi connectivity index (χ1) is 12.7. The van der Waals surface area contributed by atoms with E-state index in [2.05, 4.69) is 0 Å². The van der Waals surface area contributed by atoms with E-state index in [1.54, 1.807) is 12.1 Å². The number of rotatable bonds is 7. The molecule has 2 N–H and O–H groups in total. The normalized spacial score (nSPS) is 10.6. The SMILES string of the molecule is NCCOc1ccc(-c2cc(F)cc(Cl)c2)cc1OCc1ccccc1. The number of hydrogen-bond acceptors (Lipinski definition) is 3. The van der Waals surface area contributed by atoms with Crippen molar-refractivity contribution in [3.05, 3.63) is 83.1 Å². The van der Waals surface area contributed by atoms with Crippen molar-refractivity contribution in [3.8, 4) is 22.6 Å². The smallest absolute Gasteiger partial charge is 0.162 e. The Hall–Kier alpha value is -2.56. The summed E-state index contributed by atoms with van der Waals surface area (Å²) in [6.45, 7) is 1.18. The van der Waals surface area contributed by atoms with Crippen molar-refractivity contribution in [2.24, 2.45) is 5.73 Å². The van der Waals surface area contributed by atoms with Gasteiger partial charge in [0.2, 0.25) is 0 Å². The van der Waals surface area contributed by atoms with E-state index in [-0.39, 0.29) is 5.82 Å². The highest BCUT2D eigenvalue weighted by Gasteiger charge is 2.10. The van der Waals surface area contributed by atoms with Gasteiger partial charge in [-0.1, -0.05) is 48.0 Å². The summed E-state index contributed by atoms with van der Waals surface area (Å²) in [5.41, 5.74) is 8.02. The average Bonchev–Trinajstić information content (AvgIpc) is 2.65. The summed E-state index contributed by atoms with van der Waals surface area (Å²) in [7, 11) is 0. The maximum absolute atomic E-state index is 13.7. The Bertz CT molecular complexity index is 851. The monoisotopic (exact) mass is 371 g/mol. The topological polar surface area (TPSA) is 44.5 Å². The lowest BCUT2D eigenvalue weighted by Crippen LogP contribution is -2.11. The Morgan fingerprint density at radius 1 is 0.846 bits per heavy atom. The Kier molecular flexibility index (Phi) is 6.10. The van der Waals surface area contributed by atoms with Crippen LogP contribution >= 0.6 is 11.6 Å². The van der Waals surface area contributed by atoms with Crippen LogP contribution in [0.1, 0.15) is 5.56 Å². The number of ether oxygens (including phenoxy) is 2. The zero-order valence-electron chi connectivity index (χ0n) is 14.1. The molecule has 0 aliphatic rings. The highest BCUT2D eigenvalue weighted by atomic mass is 35.5. The van der Waals surface area contributed by atoms with E-state index in [0.29, 0.717) is 41.8 Å². The maximum Gasteiger partial charge on any atom is 0.162 e. The second-order valence-electron chi connectivity index (χ2n) is 5.73. The second kappa shape index (κ2) is 8.70. The van der Waals surface area contributed by atoms with Gasteiger partial charge in [-0.05, 0) is 47.0 Å². The standard InChI is InChI=1S/C21H19ClFNO2/c22-18-10-17(11-19(23)13-18)16-6-7-20(25-9-8-24)21(12-16)26-14-15-4-2-1-3-5-15/h1-7,10-13H,8-9,14,24H2. The van der Waals surface area contributed by atoms with Gasteiger partial charge in [0.1, 0.15) is 19.0 Å². The molecule has 0 saturated carbocycles. The Morgan fingerprint density at radius 2 is 1.65 bits per heavy atom. The molecule has 0 atom stereocenters. The number of halogens is 2. The first kappa shape index (κ1) is 18.2. The minimum atomic E-state index is -0.386. The molecule has 0 radical (unpaired) electrons. The van der Waals surface area contributed by atoms with Gasteiger partial charge in [-0.3, -0.25) is 0 Å². The molecule has 134 valence electrons. The van der Waals surface area contributed by atoms with Crippen molar-refractivity contribution in [3.63, 3.8) is 0 Å². The van der Waals surface area contributed by atoms with Crippen LogP contribution in [0.2, 0.25) is 5.02 Å². The molecule has 0 unspecified atom stereocenters. The quantitative estimate of drug-likeness (QED) is 0.631.